The number of halogens is 3. The molecule has 2 aliphatic rings. The lowest BCUT2D eigenvalue weighted by Gasteiger charge is -2.45. The van der Waals surface area contributed by atoms with Crippen LogP contribution in [0.15, 0.2) is 22.1 Å². The maximum absolute atomic E-state index is 13.4. The monoisotopic (exact) mass is 386 g/mol. The van der Waals surface area contributed by atoms with Crippen LogP contribution in [0.5, 0.6) is 5.75 Å². The van der Waals surface area contributed by atoms with Crippen LogP contribution < -0.4 is 16.4 Å². The van der Waals surface area contributed by atoms with Crippen molar-refractivity contribution in [3.8, 4) is 5.75 Å². The quantitative estimate of drug-likeness (QED) is 0.526. The minimum absolute atomic E-state index is 0.108. The molecule has 1 aromatic rings. The van der Waals surface area contributed by atoms with E-state index in [1.54, 1.807) is 0 Å². The summed E-state index contributed by atoms with van der Waals surface area (Å²) in [4.78, 5) is 19.1. The molecule has 0 amide bonds. The summed E-state index contributed by atoms with van der Waals surface area (Å²) in [6, 6.07) is 0.965. The highest BCUT2D eigenvalue weighted by Gasteiger charge is 2.46. The van der Waals surface area contributed by atoms with E-state index in [-0.39, 0.29) is 17.6 Å². The van der Waals surface area contributed by atoms with Gasteiger partial charge >= 0.3 is 6.18 Å². The Morgan fingerprint density at radius 3 is 2.41 bits per heavy atom. The average molecular weight is 386 g/mol. The van der Waals surface area contributed by atoms with Crippen molar-refractivity contribution >= 4 is 23.3 Å². The normalized spacial score (nSPS) is 19.6. The lowest BCUT2D eigenvalue weighted by Crippen LogP contribution is -2.58. The third-order valence-electron chi connectivity index (χ3n) is 4.69. The third kappa shape index (κ3) is 3.22. The van der Waals surface area contributed by atoms with E-state index in [2.05, 4.69) is 9.98 Å². The van der Waals surface area contributed by atoms with Gasteiger partial charge in [0.2, 0.25) is 11.9 Å². The number of anilines is 1. The first-order valence-electron chi connectivity index (χ1n) is 8.13. The standard InChI is InChI=1S/C15H17F3N6O3/c16-15(17,18)8-6-10(11(25)7-9(8)24(26)27)23-13(20)21-12(19)22-14(23)4-2-1-3-5-14/h6-7,25H,1-5H2,(H4,19,20,21,22). The van der Waals surface area contributed by atoms with Crippen molar-refractivity contribution in [2.24, 2.45) is 21.5 Å². The molecule has 1 aromatic carbocycles. The predicted octanol–water partition coefficient (Wildman–Crippen LogP) is 2.43. The highest BCUT2D eigenvalue weighted by Crippen LogP contribution is 2.47. The fraction of sp³-hybridized carbons (Fsp3) is 0.467. The highest BCUT2D eigenvalue weighted by molar-refractivity contribution is 6.06. The summed E-state index contributed by atoms with van der Waals surface area (Å²) in [5, 5.41) is 21.3. The van der Waals surface area contributed by atoms with Gasteiger partial charge in [0, 0.05) is 0 Å². The summed E-state index contributed by atoms with van der Waals surface area (Å²) in [5.74, 6) is -1.07. The molecule has 9 nitrogen and oxygen atoms in total. The Morgan fingerprint density at radius 2 is 1.85 bits per heavy atom. The van der Waals surface area contributed by atoms with Gasteiger partial charge in [0.15, 0.2) is 0 Å². The molecule has 146 valence electrons. The number of nitrogens with zero attached hydrogens (tertiary/aromatic N) is 4. The van der Waals surface area contributed by atoms with E-state index in [9.17, 15) is 28.4 Å². The fourth-order valence-corrected chi connectivity index (χ4v) is 3.59. The van der Waals surface area contributed by atoms with Crippen LogP contribution in [0.1, 0.15) is 37.7 Å². The summed E-state index contributed by atoms with van der Waals surface area (Å²) in [7, 11) is 0. The first-order valence-corrected chi connectivity index (χ1v) is 8.13. The van der Waals surface area contributed by atoms with Crippen molar-refractivity contribution in [3.63, 3.8) is 0 Å². The van der Waals surface area contributed by atoms with Crippen LogP contribution in [0.3, 0.4) is 0 Å². The number of rotatable bonds is 2. The van der Waals surface area contributed by atoms with Crippen molar-refractivity contribution < 1.29 is 23.2 Å². The molecule has 0 bridgehead atoms. The fourth-order valence-electron chi connectivity index (χ4n) is 3.59. The van der Waals surface area contributed by atoms with Gasteiger partial charge < -0.3 is 16.6 Å². The molecule has 1 fully saturated rings. The molecule has 12 heteroatoms. The minimum atomic E-state index is -5.01. The molecular formula is C15H17F3N6O3. The number of nitro groups is 1. The molecule has 1 aliphatic heterocycles. The SMILES string of the molecule is NC1=NC2(CCCCC2)N(c2cc(C(F)(F)F)c([N+](=O)[O-])cc2O)C(N)=N1. The number of aliphatic imine (C=N–C) groups is 2. The summed E-state index contributed by atoms with van der Waals surface area (Å²) in [6.07, 6.45) is -1.79. The third-order valence-corrected chi connectivity index (χ3v) is 4.69. The van der Waals surface area contributed by atoms with Gasteiger partial charge in [-0.3, -0.25) is 15.0 Å². The van der Waals surface area contributed by atoms with Crippen LogP contribution in [-0.2, 0) is 6.18 Å². The van der Waals surface area contributed by atoms with E-state index in [1.807, 2.05) is 0 Å². The zero-order valence-electron chi connectivity index (χ0n) is 14.0. The van der Waals surface area contributed by atoms with Gasteiger partial charge in [-0.25, -0.2) is 4.99 Å². The lowest BCUT2D eigenvalue weighted by molar-refractivity contribution is -0.388. The van der Waals surface area contributed by atoms with Crippen molar-refractivity contribution in [2.75, 3.05) is 4.90 Å². The van der Waals surface area contributed by atoms with E-state index in [4.69, 9.17) is 11.5 Å². The number of benzene rings is 1. The van der Waals surface area contributed by atoms with Crippen molar-refractivity contribution in [1.29, 1.82) is 0 Å². The van der Waals surface area contributed by atoms with E-state index in [1.165, 1.54) is 4.90 Å². The van der Waals surface area contributed by atoms with E-state index >= 15 is 0 Å². The maximum atomic E-state index is 13.4. The molecule has 0 radical (unpaired) electrons. The van der Waals surface area contributed by atoms with Crippen LogP contribution in [0.2, 0.25) is 0 Å². The number of hydrogen-bond donors (Lipinski definition) is 3. The van der Waals surface area contributed by atoms with E-state index in [0.29, 0.717) is 25.0 Å². The minimum Gasteiger partial charge on any atom is -0.505 e. The second kappa shape index (κ2) is 6.28. The van der Waals surface area contributed by atoms with Crippen molar-refractivity contribution in [2.45, 2.75) is 43.9 Å². The van der Waals surface area contributed by atoms with E-state index in [0.717, 1.165) is 19.3 Å². The topological polar surface area (TPSA) is 143 Å². The molecule has 27 heavy (non-hydrogen) atoms. The molecule has 0 unspecified atom stereocenters. The number of phenolic OH excluding ortho intramolecular Hbond substituents is 1. The molecule has 1 aliphatic carbocycles. The Balaban J connectivity index is 2.22. The van der Waals surface area contributed by atoms with Crippen LogP contribution in [0.4, 0.5) is 24.5 Å². The Morgan fingerprint density at radius 1 is 1.22 bits per heavy atom. The summed E-state index contributed by atoms with van der Waals surface area (Å²) in [6.45, 7) is 0. The van der Waals surface area contributed by atoms with Gasteiger partial charge in [0.05, 0.1) is 16.7 Å². The smallest absolute Gasteiger partial charge is 0.423 e. The molecule has 1 saturated carbocycles. The molecule has 5 N–H and O–H groups in total. The largest absolute Gasteiger partial charge is 0.505 e. The van der Waals surface area contributed by atoms with Gasteiger partial charge in [-0.15, -0.1) is 0 Å². The number of alkyl halides is 3. The highest BCUT2D eigenvalue weighted by atomic mass is 19.4. The second-order valence-electron chi connectivity index (χ2n) is 6.43. The summed E-state index contributed by atoms with van der Waals surface area (Å²) >= 11 is 0. The molecule has 3 rings (SSSR count). The zero-order chi connectivity index (χ0) is 20.0. The van der Waals surface area contributed by atoms with Gasteiger partial charge in [0.1, 0.15) is 17.0 Å². The van der Waals surface area contributed by atoms with Crippen LogP contribution in [-0.4, -0.2) is 27.6 Å². The Labute approximate surface area is 151 Å². The number of phenols is 1. The number of guanidine groups is 2. The van der Waals surface area contributed by atoms with Crippen LogP contribution in [0, 0.1) is 10.1 Å². The first-order chi connectivity index (χ1) is 12.5. The number of nitro benzene ring substituents is 1. The lowest BCUT2D eigenvalue weighted by atomic mass is 9.87. The van der Waals surface area contributed by atoms with Gasteiger partial charge in [0.25, 0.3) is 5.69 Å². The van der Waals surface area contributed by atoms with E-state index < -0.39 is 33.8 Å². The Hall–Kier alpha value is -3.05. The predicted molar refractivity (Wildman–Crippen MR) is 91.3 cm³/mol. The van der Waals surface area contributed by atoms with Crippen LogP contribution >= 0.6 is 0 Å². The molecule has 1 heterocycles. The number of nitrogens with two attached hydrogens (primary N) is 2. The van der Waals surface area contributed by atoms with Crippen molar-refractivity contribution in [3.05, 3.63) is 27.8 Å². The van der Waals surface area contributed by atoms with Crippen LogP contribution in [0.25, 0.3) is 0 Å². The summed E-state index contributed by atoms with van der Waals surface area (Å²) < 4.78 is 40.1. The van der Waals surface area contributed by atoms with Gasteiger partial charge in [-0.2, -0.15) is 18.2 Å². The molecule has 1 spiro atoms. The number of aromatic hydroxyl groups is 1. The van der Waals surface area contributed by atoms with Gasteiger partial charge in [-0.05, 0) is 31.7 Å². The number of hydrogen-bond acceptors (Lipinski definition) is 8. The molecular weight excluding hydrogens is 369 g/mol. The molecule has 0 aromatic heterocycles. The maximum Gasteiger partial charge on any atom is 0.423 e. The Kier molecular flexibility index (Phi) is 4.36. The second-order valence-corrected chi connectivity index (χ2v) is 6.43. The Bertz CT molecular complexity index is 846. The van der Waals surface area contributed by atoms with Gasteiger partial charge in [-0.1, -0.05) is 6.42 Å². The first kappa shape index (κ1) is 18.7. The van der Waals surface area contributed by atoms with Crippen molar-refractivity contribution in [1.82, 2.24) is 0 Å². The molecule has 0 atom stereocenters. The summed E-state index contributed by atoms with van der Waals surface area (Å²) in [5.41, 5.74) is 7.42. The molecule has 0 saturated heterocycles. The zero-order valence-corrected chi connectivity index (χ0v) is 14.0. The average Bonchev–Trinajstić information content (AvgIpc) is 2.54.